The Hall–Kier alpha value is -2.10. The van der Waals surface area contributed by atoms with Crippen LogP contribution in [-0.4, -0.2) is 17.0 Å². The summed E-state index contributed by atoms with van der Waals surface area (Å²) in [7, 11) is 0. The lowest BCUT2D eigenvalue weighted by atomic mass is 9.82. The number of carboxylic acids is 1. The monoisotopic (exact) mass is 339 g/mol. The highest BCUT2D eigenvalue weighted by Crippen LogP contribution is 2.48. The van der Waals surface area contributed by atoms with Crippen molar-refractivity contribution in [2.45, 2.75) is 45.1 Å². The van der Waals surface area contributed by atoms with Crippen molar-refractivity contribution in [2.24, 2.45) is 23.7 Å². The predicted octanol–water partition coefficient (Wildman–Crippen LogP) is 3.27. The van der Waals surface area contributed by atoms with Gasteiger partial charge in [0.25, 0.3) is 0 Å². The molecule has 2 bridgehead atoms. The molecule has 1 amide bonds. The Balaban J connectivity index is 1.49. The van der Waals surface area contributed by atoms with E-state index in [2.05, 4.69) is 23.5 Å². The number of allylic oxidation sites excluding steroid dienone is 2. The largest absolute Gasteiger partial charge is 0.481 e. The van der Waals surface area contributed by atoms with Gasteiger partial charge in [0.1, 0.15) is 0 Å². The Morgan fingerprint density at radius 2 is 1.76 bits per heavy atom. The molecule has 4 nitrogen and oxygen atoms in total. The highest BCUT2D eigenvalue weighted by atomic mass is 16.4. The first-order valence-corrected chi connectivity index (χ1v) is 9.38. The van der Waals surface area contributed by atoms with Gasteiger partial charge < -0.3 is 10.4 Å². The van der Waals surface area contributed by atoms with Gasteiger partial charge in [-0.15, -0.1) is 0 Å². The number of aryl methyl sites for hydroxylation is 2. The zero-order valence-electron chi connectivity index (χ0n) is 14.6. The van der Waals surface area contributed by atoms with E-state index in [-0.39, 0.29) is 23.8 Å². The summed E-state index contributed by atoms with van der Waals surface area (Å²) in [6.45, 7) is 1.99. The van der Waals surface area contributed by atoms with Crippen LogP contribution in [0.25, 0.3) is 0 Å². The smallest absolute Gasteiger partial charge is 0.307 e. The molecule has 0 aromatic heterocycles. The lowest BCUT2D eigenvalue weighted by Crippen LogP contribution is -2.41. The van der Waals surface area contributed by atoms with Gasteiger partial charge in [-0.2, -0.15) is 0 Å². The lowest BCUT2D eigenvalue weighted by molar-refractivity contribution is -0.148. The number of carboxylic acid groups (broad SMARTS) is 1. The minimum Gasteiger partial charge on any atom is -0.481 e. The second-order valence-electron chi connectivity index (χ2n) is 7.80. The van der Waals surface area contributed by atoms with Crippen molar-refractivity contribution in [1.82, 2.24) is 5.32 Å². The topological polar surface area (TPSA) is 66.4 Å². The summed E-state index contributed by atoms with van der Waals surface area (Å²) < 4.78 is 0. The number of aliphatic carboxylic acids is 1. The van der Waals surface area contributed by atoms with E-state index in [9.17, 15) is 14.7 Å². The van der Waals surface area contributed by atoms with Crippen LogP contribution in [0.4, 0.5) is 0 Å². The molecule has 3 aliphatic carbocycles. The van der Waals surface area contributed by atoms with E-state index in [1.54, 1.807) is 0 Å². The van der Waals surface area contributed by atoms with E-state index in [0.717, 1.165) is 24.8 Å². The van der Waals surface area contributed by atoms with Gasteiger partial charge >= 0.3 is 5.97 Å². The molecule has 5 atom stereocenters. The van der Waals surface area contributed by atoms with Gasteiger partial charge in [-0.05, 0) is 67.6 Å². The zero-order chi connectivity index (χ0) is 17.6. The van der Waals surface area contributed by atoms with Crippen LogP contribution in [0.3, 0.4) is 0 Å². The van der Waals surface area contributed by atoms with Crippen molar-refractivity contribution in [1.29, 1.82) is 0 Å². The highest BCUT2D eigenvalue weighted by Gasteiger charge is 2.51. The molecule has 0 radical (unpaired) electrons. The fraction of sp³-hybridized carbons (Fsp3) is 0.524. The number of rotatable bonds is 4. The quantitative estimate of drug-likeness (QED) is 0.828. The Morgan fingerprint density at radius 1 is 1.08 bits per heavy atom. The van der Waals surface area contributed by atoms with Gasteiger partial charge in [-0.25, -0.2) is 0 Å². The summed E-state index contributed by atoms with van der Waals surface area (Å²) >= 11 is 0. The molecule has 2 N–H and O–H groups in total. The Bertz CT molecular complexity index is 739. The fourth-order valence-electron chi connectivity index (χ4n) is 4.93. The minimum atomic E-state index is -0.849. The lowest BCUT2D eigenvalue weighted by Gasteiger charge is -2.26. The number of carbonyl (C=O) groups is 2. The van der Waals surface area contributed by atoms with Crippen LogP contribution < -0.4 is 5.32 Å². The maximum atomic E-state index is 12.8. The molecule has 1 aromatic rings. The van der Waals surface area contributed by atoms with E-state index in [0.29, 0.717) is 0 Å². The van der Waals surface area contributed by atoms with Crippen molar-refractivity contribution in [3.8, 4) is 0 Å². The van der Waals surface area contributed by atoms with Gasteiger partial charge in [-0.3, -0.25) is 9.59 Å². The third-order valence-electron chi connectivity index (χ3n) is 6.28. The van der Waals surface area contributed by atoms with Crippen molar-refractivity contribution in [3.63, 3.8) is 0 Å². The van der Waals surface area contributed by atoms with E-state index in [4.69, 9.17) is 0 Å². The maximum Gasteiger partial charge on any atom is 0.307 e. The Kier molecular flexibility index (Phi) is 4.14. The molecule has 1 aromatic carbocycles. The summed E-state index contributed by atoms with van der Waals surface area (Å²) in [6.07, 6.45) is 9.54. The molecule has 4 rings (SSSR count). The molecule has 0 saturated heterocycles. The van der Waals surface area contributed by atoms with Gasteiger partial charge in [0.15, 0.2) is 0 Å². The number of hydrogen-bond donors (Lipinski definition) is 2. The van der Waals surface area contributed by atoms with Crippen LogP contribution in [0.5, 0.6) is 0 Å². The molecule has 4 heteroatoms. The van der Waals surface area contributed by atoms with Crippen LogP contribution in [0.2, 0.25) is 0 Å². The molecule has 1 fully saturated rings. The molecule has 5 unspecified atom stereocenters. The van der Waals surface area contributed by atoms with Crippen molar-refractivity contribution >= 4 is 11.9 Å². The predicted molar refractivity (Wildman–Crippen MR) is 95.0 cm³/mol. The number of hydrogen-bond acceptors (Lipinski definition) is 2. The second kappa shape index (κ2) is 6.32. The maximum absolute atomic E-state index is 12.8. The molecule has 0 spiro atoms. The molecule has 0 heterocycles. The molecular formula is C21H25NO3. The Morgan fingerprint density at radius 3 is 2.48 bits per heavy atom. The van der Waals surface area contributed by atoms with Crippen LogP contribution in [0.1, 0.15) is 48.9 Å². The standard InChI is InChI=1S/C21H25NO3/c1-12(14-7-6-13-4-2-3-5-15(13)10-14)22-20(23)18-16-8-9-17(11-16)19(18)21(24)25/h6-10,12,16-19H,2-5,11H2,1H3,(H,22,23)(H,24,25). The molecule has 0 aliphatic heterocycles. The van der Waals surface area contributed by atoms with Gasteiger partial charge in [-0.1, -0.05) is 30.4 Å². The van der Waals surface area contributed by atoms with Crippen molar-refractivity contribution in [2.75, 3.05) is 0 Å². The van der Waals surface area contributed by atoms with E-state index in [1.165, 1.54) is 24.0 Å². The van der Waals surface area contributed by atoms with Crippen LogP contribution in [0, 0.1) is 23.7 Å². The molecule has 132 valence electrons. The number of fused-ring (bicyclic) bond motifs is 3. The van der Waals surface area contributed by atoms with Gasteiger partial charge in [0.05, 0.1) is 17.9 Å². The Labute approximate surface area is 148 Å². The minimum absolute atomic E-state index is 0.0114. The zero-order valence-corrected chi connectivity index (χ0v) is 14.6. The van der Waals surface area contributed by atoms with E-state index >= 15 is 0 Å². The van der Waals surface area contributed by atoms with E-state index in [1.807, 2.05) is 19.1 Å². The van der Waals surface area contributed by atoms with Crippen molar-refractivity contribution < 1.29 is 14.7 Å². The number of nitrogens with one attached hydrogen (secondary N) is 1. The first kappa shape index (κ1) is 16.4. The third-order valence-corrected chi connectivity index (χ3v) is 6.28. The molecule has 3 aliphatic rings. The third kappa shape index (κ3) is 2.88. The van der Waals surface area contributed by atoms with Gasteiger partial charge in [0.2, 0.25) is 5.91 Å². The molecule has 25 heavy (non-hydrogen) atoms. The number of benzene rings is 1. The molecule has 1 saturated carbocycles. The summed E-state index contributed by atoms with van der Waals surface area (Å²) in [6, 6.07) is 6.41. The van der Waals surface area contributed by atoms with Crippen molar-refractivity contribution in [3.05, 3.63) is 47.0 Å². The number of carbonyl (C=O) groups excluding carboxylic acids is 1. The van der Waals surface area contributed by atoms with Crippen LogP contribution in [0.15, 0.2) is 30.4 Å². The summed E-state index contributed by atoms with van der Waals surface area (Å²) in [5, 5.41) is 12.6. The SMILES string of the molecule is CC(NC(=O)C1C2C=CC(C2)C1C(=O)O)c1ccc2c(c1)CCCC2. The average Bonchev–Trinajstić information content (AvgIpc) is 3.22. The number of amides is 1. The summed E-state index contributed by atoms with van der Waals surface area (Å²) in [5.74, 6) is -1.90. The van der Waals surface area contributed by atoms with Gasteiger partial charge in [0, 0.05) is 0 Å². The normalized spacial score (nSPS) is 30.8. The van der Waals surface area contributed by atoms with E-state index < -0.39 is 17.8 Å². The highest BCUT2D eigenvalue weighted by molar-refractivity contribution is 5.87. The van der Waals surface area contributed by atoms with Crippen LogP contribution in [-0.2, 0) is 22.4 Å². The molecular weight excluding hydrogens is 314 g/mol. The summed E-state index contributed by atoms with van der Waals surface area (Å²) in [4.78, 5) is 24.4. The average molecular weight is 339 g/mol. The summed E-state index contributed by atoms with van der Waals surface area (Å²) in [5.41, 5.74) is 3.94. The second-order valence-corrected chi connectivity index (χ2v) is 7.80. The first-order valence-electron chi connectivity index (χ1n) is 9.38. The fourth-order valence-corrected chi connectivity index (χ4v) is 4.93. The van der Waals surface area contributed by atoms with Crippen LogP contribution >= 0.6 is 0 Å². The first-order chi connectivity index (χ1) is 12.0.